The summed E-state index contributed by atoms with van der Waals surface area (Å²) in [7, 11) is 0. The molecule has 1 N–H and O–H groups in total. The van der Waals surface area contributed by atoms with Crippen molar-refractivity contribution in [2.45, 2.75) is 33.2 Å². The SMILES string of the molecule is Cc1cnc(C)n1CCNC(=O)CCc1nc(-c2ccccc2)no1. The first-order valence-corrected chi connectivity index (χ1v) is 8.27. The van der Waals surface area contributed by atoms with E-state index in [1.165, 1.54) is 0 Å². The number of amides is 1. The summed E-state index contributed by atoms with van der Waals surface area (Å²) >= 11 is 0. The molecule has 3 rings (SSSR count). The zero-order chi connectivity index (χ0) is 17.6. The molecule has 0 atom stereocenters. The van der Waals surface area contributed by atoms with Crippen molar-refractivity contribution >= 4 is 5.91 Å². The number of rotatable bonds is 7. The molecular weight excluding hydrogens is 318 g/mol. The normalized spacial score (nSPS) is 10.8. The van der Waals surface area contributed by atoms with Gasteiger partial charge in [-0.2, -0.15) is 4.98 Å². The lowest BCUT2D eigenvalue weighted by atomic mass is 10.2. The molecule has 0 bridgehead atoms. The molecule has 0 aliphatic rings. The highest BCUT2D eigenvalue weighted by Crippen LogP contribution is 2.15. The molecular formula is C18H21N5O2. The van der Waals surface area contributed by atoms with Gasteiger partial charge in [-0.3, -0.25) is 4.79 Å². The summed E-state index contributed by atoms with van der Waals surface area (Å²) in [6.07, 6.45) is 2.57. The van der Waals surface area contributed by atoms with E-state index in [-0.39, 0.29) is 5.91 Å². The molecule has 130 valence electrons. The number of aryl methyl sites for hydroxylation is 3. The van der Waals surface area contributed by atoms with Crippen LogP contribution in [0.3, 0.4) is 0 Å². The smallest absolute Gasteiger partial charge is 0.227 e. The summed E-state index contributed by atoms with van der Waals surface area (Å²) in [5, 5.41) is 6.86. The van der Waals surface area contributed by atoms with Gasteiger partial charge in [0, 0.05) is 43.4 Å². The molecule has 2 aromatic heterocycles. The maximum absolute atomic E-state index is 12.0. The van der Waals surface area contributed by atoms with Gasteiger partial charge in [0.05, 0.1) is 0 Å². The van der Waals surface area contributed by atoms with Crippen LogP contribution in [0.1, 0.15) is 23.8 Å². The summed E-state index contributed by atoms with van der Waals surface area (Å²) in [5.74, 6) is 1.93. The molecule has 0 radical (unpaired) electrons. The van der Waals surface area contributed by atoms with E-state index >= 15 is 0 Å². The van der Waals surface area contributed by atoms with Crippen molar-refractivity contribution in [3.05, 3.63) is 53.9 Å². The van der Waals surface area contributed by atoms with Gasteiger partial charge in [0.1, 0.15) is 5.82 Å². The summed E-state index contributed by atoms with van der Waals surface area (Å²) < 4.78 is 7.28. The number of aromatic nitrogens is 4. The van der Waals surface area contributed by atoms with Gasteiger partial charge < -0.3 is 14.4 Å². The van der Waals surface area contributed by atoms with Crippen LogP contribution in [0.25, 0.3) is 11.4 Å². The number of imidazole rings is 1. The molecule has 25 heavy (non-hydrogen) atoms. The Morgan fingerprint density at radius 3 is 2.76 bits per heavy atom. The van der Waals surface area contributed by atoms with E-state index in [4.69, 9.17) is 4.52 Å². The van der Waals surface area contributed by atoms with Crippen LogP contribution in [0.4, 0.5) is 0 Å². The van der Waals surface area contributed by atoms with Crippen molar-refractivity contribution in [1.82, 2.24) is 25.0 Å². The molecule has 0 aliphatic carbocycles. The molecule has 0 unspecified atom stereocenters. The Labute approximate surface area is 146 Å². The second-order valence-electron chi connectivity index (χ2n) is 5.83. The van der Waals surface area contributed by atoms with Crippen molar-refractivity contribution in [3.8, 4) is 11.4 Å². The van der Waals surface area contributed by atoms with Crippen LogP contribution in [-0.2, 0) is 17.8 Å². The van der Waals surface area contributed by atoms with Gasteiger partial charge in [0.2, 0.25) is 17.6 Å². The number of benzene rings is 1. The number of hydrogen-bond acceptors (Lipinski definition) is 5. The van der Waals surface area contributed by atoms with E-state index < -0.39 is 0 Å². The van der Waals surface area contributed by atoms with Crippen LogP contribution in [-0.4, -0.2) is 32.1 Å². The van der Waals surface area contributed by atoms with E-state index in [2.05, 4.69) is 25.0 Å². The summed E-state index contributed by atoms with van der Waals surface area (Å²) in [4.78, 5) is 20.5. The average molecular weight is 339 g/mol. The Morgan fingerprint density at radius 1 is 1.24 bits per heavy atom. The fraction of sp³-hybridized carbons (Fsp3) is 0.333. The number of carbonyl (C=O) groups excluding carboxylic acids is 1. The number of carbonyl (C=O) groups is 1. The minimum atomic E-state index is -0.0325. The fourth-order valence-electron chi connectivity index (χ4n) is 2.60. The molecule has 1 amide bonds. The molecule has 0 fully saturated rings. The average Bonchev–Trinajstić information content (AvgIpc) is 3.22. The third kappa shape index (κ3) is 4.32. The third-order valence-electron chi connectivity index (χ3n) is 3.98. The molecule has 3 aromatic rings. The fourth-order valence-corrected chi connectivity index (χ4v) is 2.60. The molecule has 1 aromatic carbocycles. The van der Waals surface area contributed by atoms with Gasteiger partial charge in [0.25, 0.3) is 0 Å². The van der Waals surface area contributed by atoms with E-state index in [1.54, 1.807) is 0 Å². The van der Waals surface area contributed by atoms with Crippen molar-refractivity contribution < 1.29 is 9.32 Å². The van der Waals surface area contributed by atoms with Crippen LogP contribution < -0.4 is 5.32 Å². The minimum Gasteiger partial charge on any atom is -0.354 e. The van der Waals surface area contributed by atoms with E-state index in [0.29, 0.717) is 37.6 Å². The van der Waals surface area contributed by atoms with Gasteiger partial charge >= 0.3 is 0 Å². The first kappa shape index (κ1) is 16.9. The topological polar surface area (TPSA) is 85.8 Å². The van der Waals surface area contributed by atoms with Crippen molar-refractivity contribution in [1.29, 1.82) is 0 Å². The monoisotopic (exact) mass is 339 g/mol. The highest BCUT2D eigenvalue weighted by Gasteiger charge is 2.10. The predicted molar refractivity (Wildman–Crippen MR) is 92.8 cm³/mol. The number of nitrogens with zero attached hydrogens (tertiary/aromatic N) is 4. The van der Waals surface area contributed by atoms with Gasteiger partial charge in [-0.15, -0.1) is 0 Å². The maximum atomic E-state index is 12.0. The quantitative estimate of drug-likeness (QED) is 0.714. The Bertz CT molecular complexity index is 819. The van der Waals surface area contributed by atoms with E-state index in [0.717, 1.165) is 17.1 Å². The Morgan fingerprint density at radius 2 is 2.04 bits per heavy atom. The number of hydrogen-bond donors (Lipinski definition) is 1. The zero-order valence-electron chi connectivity index (χ0n) is 14.4. The van der Waals surface area contributed by atoms with Crippen molar-refractivity contribution in [2.24, 2.45) is 0 Å². The van der Waals surface area contributed by atoms with E-state index in [9.17, 15) is 4.79 Å². The molecule has 0 saturated heterocycles. The summed E-state index contributed by atoms with van der Waals surface area (Å²) in [5.41, 5.74) is 1.99. The van der Waals surface area contributed by atoms with Crippen LogP contribution >= 0.6 is 0 Å². The predicted octanol–water partition coefficient (Wildman–Crippen LogP) is 2.30. The minimum absolute atomic E-state index is 0.0325. The van der Waals surface area contributed by atoms with Gasteiger partial charge in [-0.1, -0.05) is 35.5 Å². The summed E-state index contributed by atoms with van der Waals surface area (Å²) in [6.45, 7) is 5.23. The summed E-state index contributed by atoms with van der Waals surface area (Å²) in [6, 6.07) is 9.61. The van der Waals surface area contributed by atoms with Gasteiger partial charge in [0.15, 0.2) is 0 Å². The van der Waals surface area contributed by atoms with Crippen LogP contribution in [0.5, 0.6) is 0 Å². The first-order chi connectivity index (χ1) is 12.1. The van der Waals surface area contributed by atoms with Crippen molar-refractivity contribution in [3.63, 3.8) is 0 Å². The highest BCUT2D eigenvalue weighted by atomic mass is 16.5. The van der Waals surface area contributed by atoms with Crippen LogP contribution in [0.2, 0.25) is 0 Å². The lowest BCUT2D eigenvalue weighted by Crippen LogP contribution is -2.27. The Balaban J connectivity index is 1.44. The Kier molecular flexibility index (Phi) is 5.23. The largest absolute Gasteiger partial charge is 0.354 e. The molecule has 0 saturated carbocycles. The van der Waals surface area contributed by atoms with Crippen LogP contribution in [0, 0.1) is 13.8 Å². The molecule has 0 aliphatic heterocycles. The molecule has 0 spiro atoms. The second kappa shape index (κ2) is 7.74. The second-order valence-corrected chi connectivity index (χ2v) is 5.83. The highest BCUT2D eigenvalue weighted by molar-refractivity contribution is 5.75. The molecule has 7 nitrogen and oxygen atoms in total. The molecule has 7 heteroatoms. The van der Waals surface area contributed by atoms with Gasteiger partial charge in [-0.25, -0.2) is 4.98 Å². The first-order valence-electron chi connectivity index (χ1n) is 8.27. The standard InChI is InChI=1S/C18H21N5O2/c1-13-12-20-14(2)23(13)11-10-19-16(24)8-9-17-21-18(22-25-17)15-6-4-3-5-7-15/h3-7,12H,8-11H2,1-2H3,(H,19,24). The van der Waals surface area contributed by atoms with E-state index in [1.807, 2.05) is 50.4 Å². The van der Waals surface area contributed by atoms with Crippen molar-refractivity contribution in [2.75, 3.05) is 6.54 Å². The van der Waals surface area contributed by atoms with Gasteiger partial charge in [-0.05, 0) is 13.8 Å². The lowest BCUT2D eigenvalue weighted by molar-refractivity contribution is -0.121. The lowest BCUT2D eigenvalue weighted by Gasteiger charge is -2.08. The zero-order valence-corrected chi connectivity index (χ0v) is 14.4. The van der Waals surface area contributed by atoms with Crippen LogP contribution in [0.15, 0.2) is 41.1 Å². The Hall–Kier alpha value is -2.96. The maximum Gasteiger partial charge on any atom is 0.227 e. The third-order valence-corrected chi connectivity index (χ3v) is 3.98. The number of nitrogens with one attached hydrogen (secondary N) is 1. The molecule has 2 heterocycles.